The molecule has 0 radical (unpaired) electrons. The van der Waals surface area contributed by atoms with Crippen molar-refractivity contribution in [2.24, 2.45) is 11.8 Å². The summed E-state index contributed by atoms with van der Waals surface area (Å²) in [6.07, 6.45) is 6.50. The third-order valence-corrected chi connectivity index (χ3v) is 4.14. The lowest BCUT2D eigenvalue weighted by Gasteiger charge is -2.33. The predicted octanol–water partition coefficient (Wildman–Crippen LogP) is 2.34. The molecular weight excluding hydrogens is 290 g/mol. The van der Waals surface area contributed by atoms with Crippen LogP contribution in [0.3, 0.4) is 0 Å². The zero-order valence-corrected chi connectivity index (χ0v) is 12.8. The zero-order chi connectivity index (χ0) is 14.8. The highest BCUT2D eigenvalue weighted by molar-refractivity contribution is 6.28. The van der Waals surface area contributed by atoms with Gasteiger partial charge in [-0.05, 0) is 42.7 Å². The maximum absolute atomic E-state index is 5.98. The van der Waals surface area contributed by atoms with E-state index >= 15 is 0 Å². The Morgan fingerprint density at radius 1 is 1.24 bits per heavy atom. The molecule has 21 heavy (non-hydrogen) atoms. The number of nitrogens with one attached hydrogen (secondary N) is 1. The van der Waals surface area contributed by atoms with Gasteiger partial charge in [0.2, 0.25) is 11.2 Å². The fourth-order valence-corrected chi connectivity index (χ4v) is 3.02. The van der Waals surface area contributed by atoms with E-state index in [1.807, 2.05) is 0 Å². The molecule has 1 N–H and O–H groups in total. The molecule has 2 aromatic heterocycles. The molecule has 3 rings (SSSR count). The van der Waals surface area contributed by atoms with Crippen LogP contribution in [0.5, 0.6) is 0 Å². The average Bonchev–Trinajstić information content (AvgIpc) is 2.95. The van der Waals surface area contributed by atoms with Crippen molar-refractivity contribution in [3.8, 4) is 5.95 Å². The Balaban J connectivity index is 1.79. The van der Waals surface area contributed by atoms with Gasteiger partial charge in [-0.3, -0.25) is 0 Å². The number of nitrogens with zero attached hydrogens (tertiary/aromatic N) is 6. The molecular formula is C13H18ClN7. The van der Waals surface area contributed by atoms with Crippen LogP contribution in [0.25, 0.3) is 5.95 Å². The standard InChI is InChI=1S/C13H18ClN7/c1-8-3-4-10(9(2)5-8)17-12-18-11(14)19-13(20-12)21-7-15-6-16-21/h6-10H,3-5H2,1-2H3,(H,17,18,19,20). The van der Waals surface area contributed by atoms with Crippen LogP contribution in [0, 0.1) is 11.8 Å². The molecule has 112 valence electrons. The van der Waals surface area contributed by atoms with Gasteiger partial charge in [-0.15, -0.1) is 0 Å². The molecule has 2 heterocycles. The Hall–Kier alpha value is -1.76. The molecule has 0 saturated heterocycles. The second kappa shape index (κ2) is 5.93. The maximum Gasteiger partial charge on any atom is 0.258 e. The summed E-state index contributed by atoms with van der Waals surface area (Å²) >= 11 is 5.98. The third kappa shape index (κ3) is 3.29. The van der Waals surface area contributed by atoms with Gasteiger partial charge in [0.25, 0.3) is 5.95 Å². The van der Waals surface area contributed by atoms with Gasteiger partial charge in [-0.25, -0.2) is 4.98 Å². The lowest BCUT2D eigenvalue weighted by molar-refractivity contribution is 0.275. The molecule has 3 unspecified atom stereocenters. The van der Waals surface area contributed by atoms with Crippen molar-refractivity contribution in [2.45, 2.75) is 39.2 Å². The fraction of sp³-hybridized carbons (Fsp3) is 0.615. The van der Waals surface area contributed by atoms with Crippen molar-refractivity contribution < 1.29 is 0 Å². The Morgan fingerprint density at radius 3 is 2.81 bits per heavy atom. The van der Waals surface area contributed by atoms with E-state index in [4.69, 9.17) is 11.6 Å². The molecule has 0 spiro atoms. The highest BCUT2D eigenvalue weighted by Crippen LogP contribution is 2.30. The number of aromatic nitrogens is 6. The topological polar surface area (TPSA) is 81.4 Å². The summed E-state index contributed by atoms with van der Waals surface area (Å²) in [5.74, 6) is 2.23. The van der Waals surface area contributed by atoms with Gasteiger partial charge in [-0.1, -0.05) is 13.8 Å². The van der Waals surface area contributed by atoms with E-state index in [1.165, 1.54) is 30.2 Å². The quantitative estimate of drug-likeness (QED) is 0.937. The van der Waals surface area contributed by atoms with Crippen molar-refractivity contribution in [2.75, 3.05) is 5.32 Å². The number of rotatable bonds is 3. The van der Waals surface area contributed by atoms with Gasteiger partial charge < -0.3 is 5.32 Å². The molecule has 1 saturated carbocycles. The fourth-order valence-electron chi connectivity index (χ4n) is 2.86. The van der Waals surface area contributed by atoms with Crippen LogP contribution in [0.1, 0.15) is 33.1 Å². The second-order valence-corrected chi connectivity index (χ2v) is 6.05. The van der Waals surface area contributed by atoms with Crippen LogP contribution in [-0.2, 0) is 0 Å². The van der Waals surface area contributed by atoms with E-state index in [-0.39, 0.29) is 5.28 Å². The summed E-state index contributed by atoms with van der Waals surface area (Å²) in [6.45, 7) is 4.56. The van der Waals surface area contributed by atoms with Crippen molar-refractivity contribution in [3.05, 3.63) is 17.9 Å². The van der Waals surface area contributed by atoms with Gasteiger partial charge in [0.05, 0.1) is 0 Å². The van der Waals surface area contributed by atoms with Crippen LogP contribution >= 0.6 is 11.6 Å². The van der Waals surface area contributed by atoms with Gasteiger partial charge in [0, 0.05) is 6.04 Å². The van der Waals surface area contributed by atoms with Crippen molar-refractivity contribution >= 4 is 17.5 Å². The van der Waals surface area contributed by atoms with Crippen LogP contribution < -0.4 is 5.32 Å². The smallest absolute Gasteiger partial charge is 0.258 e. The zero-order valence-electron chi connectivity index (χ0n) is 12.1. The third-order valence-electron chi connectivity index (χ3n) is 3.97. The van der Waals surface area contributed by atoms with Gasteiger partial charge in [0.15, 0.2) is 0 Å². The first kappa shape index (κ1) is 14.2. The normalized spacial score (nSPS) is 25.8. The number of anilines is 1. The molecule has 7 nitrogen and oxygen atoms in total. The first-order valence-corrected chi connectivity index (χ1v) is 7.52. The summed E-state index contributed by atoms with van der Waals surface area (Å²) in [7, 11) is 0. The SMILES string of the molecule is CC1CCC(Nc2nc(Cl)nc(-n3cncn3)n2)C(C)C1. The molecule has 0 aliphatic heterocycles. The van der Waals surface area contributed by atoms with Crippen LogP contribution in [0.15, 0.2) is 12.7 Å². The first-order valence-electron chi connectivity index (χ1n) is 7.15. The minimum atomic E-state index is 0.148. The molecule has 0 amide bonds. The van der Waals surface area contributed by atoms with Crippen LogP contribution in [0.4, 0.5) is 5.95 Å². The van der Waals surface area contributed by atoms with E-state index < -0.39 is 0 Å². The molecule has 0 aromatic carbocycles. The molecule has 0 bridgehead atoms. The van der Waals surface area contributed by atoms with E-state index in [1.54, 1.807) is 0 Å². The van der Waals surface area contributed by atoms with Gasteiger partial charge in [-0.2, -0.15) is 24.7 Å². The molecule has 1 aliphatic rings. The molecule has 2 aromatic rings. The van der Waals surface area contributed by atoms with E-state index in [2.05, 4.69) is 44.2 Å². The van der Waals surface area contributed by atoms with E-state index in [9.17, 15) is 0 Å². The van der Waals surface area contributed by atoms with Crippen molar-refractivity contribution in [1.29, 1.82) is 0 Å². The number of hydrogen-bond donors (Lipinski definition) is 1. The highest BCUT2D eigenvalue weighted by atomic mass is 35.5. The Labute approximate surface area is 128 Å². The Bertz CT molecular complexity index is 601. The Morgan fingerprint density at radius 2 is 2.10 bits per heavy atom. The minimum absolute atomic E-state index is 0.148. The minimum Gasteiger partial charge on any atom is -0.351 e. The monoisotopic (exact) mass is 307 g/mol. The predicted molar refractivity (Wildman–Crippen MR) is 79.3 cm³/mol. The van der Waals surface area contributed by atoms with E-state index in [0.29, 0.717) is 23.9 Å². The molecule has 3 atom stereocenters. The Kier molecular flexibility index (Phi) is 4.01. The van der Waals surface area contributed by atoms with Gasteiger partial charge in [0.1, 0.15) is 12.7 Å². The summed E-state index contributed by atoms with van der Waals surface area (Å²) in [6, 6.07) is 0.364. The summed E-state index contributed by atoms with van der Waals surface area (Å²) in [5.41, 5.74) is 0. The first-order chi connectivity index (χ1) is 10.1. The maximum atomic E-state index is 5.98. The molecule has 8 heteroatoms. The summed E-state index contributed by atoms with van der Waals surface area (Å²) < 4.78 is 1.46. The van der Waals surface area contributed by atoms with Gasteiger partial charge >= 0.3 is 0 Å². The summed E-state index contributed by atoms with van der Waals surface area (Å²) in [4.78, 5) is 16.5. The average molecular weight is 308 g/mol. The second-order valence-electron chi connectivity index (χ2n) is 5.71. The van der Waals surface area contributed by atoms with Crippen LogP contribution in [-0.4, -0.2) is 35.8 Å². The molecule has 1 fully saturated rings. The number of halogens is 1. The largest absolute Gasteiger partial charge is 0.351 e. The summed E-state index contributed by atoms with van der Waals surface area (Å²) in [5, 5.41) is 7.54. The van der Waals surface area contributed by atoms with Crippen molar-refractivity contribution in [1.82, 2.24) is 29.7 Å². The van der Waals surface area contributed by atoms with E-state index in [0.717, 1.165) is 12.3 Å². The lowest BCUT2D eigenvalue weighted by Crippen LogP contribution is -2.33. The molecule has 1 aliphatic carbocycles. The van der Waals surface area contributed by atoms with Crippen LogP contribution in [0.2, 0.25) is 5.28 Å². The van der Waals surface area contributed by atoms with Crippen molar-refractivity contribution in [3.63, 3.8) is 0 Å². The number of hydrogen-bond acceptors (Lipinski definition) is 6. The lowest BCUT2D eigenvalue weighted by atomic mass is 9.80. The highest BCUT2D eigenvalue weighted by Gasteiger charge is 2.26.